The van der Waals surface area contributed by atoms with Crippen molar-refractivity contribution >= 4 is 5.97 Å². The highest BCUT2D eigenvalue weighted by Crippen LogP contribution is 2.36. The number of carboxylic acids is 1. The minimum Gasteiger partial charge on any atom is -0.486 e. The van der Waals surface area contributed by atoms with Crippen LogP contribution in [0, 0.1) is 5.41 Å². The number of carboxylic acid groups (broad SMARTS) is 1. The van der Waals surface area contributed by atoms with E-state index >= 15 is 0 Å². The largest absolute Gasteiger partial charge is 0.486 e. The lowest BCUT2D eigenvalue weighted by atomic mass is 9.76. The van der Waals surface area contributed by atoms with E-state index in [2.05, 4.69) is 23.8 Å². The first-order valence-corrected chi connectivity index (χ1v) is 7.55. The number of carbonyl (C=O) groups is 1. The minimum atomic E-state index is -1.06. The quantitative estimate of drug-likeness (QED) is 0.917. The van der Waals surface area contributed by atoms with E-state index in [0.717, 1.165) is 25.7 Å². The van der Waals surface area contributed by atoms with Crippen LogP contribution in [-0.2, 0) is 0 Å². The van der Waals surface area contributed by atoms with Gasteiger partial charge in [0.1, 0.15) is 5.82 Å². The van der Waals surface area contributed by atoms with E-state index < -0.39 is 5.97 Å². The normalized spacial score (nSPS) is 18.7. The van der Waals surface area contributed by atoms with Crippen LogP contribution in [0.4, 0.5) is 0 Å². The molecule has 1 fully saturated rings. The third-order valence-corrected chi connectivity index (χ3v) is 4.07. The zero-order valence-corrected chi connectivity index (χ0v) is 13.2. The topological polar surface area (TPSA) is 72.3 Å². The number of rotatable bonds is 4. The van der Waals surface area contributed by atoms with Crippen LogP contribution in [0.5, 0.6) is 5.75 Å². The first-order chi connectivity index (χ1) is 9.78. The number of aromatic carboxylic acids is 1. The summed E-state index contributed by atoms with van der Waals surface area (Å²) < 4.78 is 5.87. The smallest absolute Gasteiger partial charge is 0.358 e. The molecule has 0 aromatic carbocycles. The molecule has 1 saturated carbocycles. The summed E-state index contributed by atoms with van der Waals surface area (Å²) in [6, 6.07) is 0. The van der Waals surface area contributed by atoms with E-state index in [1.165, 1.54) is 6.20 Å². The van der Waals surface area contributed by atoms with Gasteiger partial charge in [0.2, 0.25) is 0 Å². The Hall–Kier alpha value is -1.65. The minimum absolute atomic E-state index is 0.0291. The van der Waals surface area contributed by atoms with Gasteiger partial charge in [0.15, 0.2) is 11.4 Å². The predicted molar refractivity (Wildman–Crippen MR) is 79.7 cm³/mol. The lowest BCUT2D eigenvalue weighted by Crippen LogP contribution is -2.29. The molecule has 0 saturated heterocycles. The Labute approximate surface area is 125 Å². The van der Waals surface area contributed by atoms with Gasteiger partial charge in [-0.1, -0.05) is 27.7 Å². The summed E-state index contributed by atoms with van der Waals surface area (Å²) in [5, 5.41) is 9.31. The summed E-state index contributed by atoms with van der Waals surface area (Å²) in [5.41, 5.74) is 0.326. The Morgan fingerprint density at radius 2 is 2.00 bits per heavy atom. The molecule has 0 radical (unpaired) electrons. The monoisotopic (exact) mass is 292 g/mol. The van der Waals surface area contributed by atoms with Crippen molar-refractivity contribution in [2.75, 3.05) is 0 Å². The highest BCUT2D eigenvalue weighted by Gasteiger charge is 2.29. The van der Waals surface area contributed by atoms with E-state index in [-0.39, 0.29) is 23.5 Å². The number of hydrogen-bond acceptors (Lipinski definition) is 4. The van der Waals surface area contributed by atoms with E-state index in [9.17, 15) is 9.90 Å². The zero-order chi connectivity index (χ0) is 15.6. The Kier molecular flexibility index (Phi) is 4.49. The average Bonchev–Trinajstić information content (AvgIpc) is 2.41. The fourth-order valence-corrected chi connectivity index (χ4v) is 2.57. The Morgan fingerprint density at radius 1 is 1.38 bits per heavy atom. The highest BCUT2D eigenvalue weighted by atomic mass is 16.5. The average molecular weight is 292 g/mol. The van der Waals surface area contributed by atoms with Crippen molar-refractivity contribution in [3.63, 3.8) is 0 Å². The molecule has 116 valence electrons. The first kappa shape index (κ1) is 15.7. The van der Waals surface area contributed by atoms with Crippen LogP contribution in [0.15, 0.2) is 6.20 Å². The standard InChI is InChI=1S/C16H24N2O3/c1-10(2)14-17-9-12(13(18-14)15(19)20)21-11-5-7-16(3,4)8-6-11/h9-11H,5-8H2,1-4H3,(H,19,20). The molecule has 0 bridgehead atoms. The van der Waals surface area contributed by atoms with Crippen LogP contribution < -0.4 is 4.74 Å². The molecule has 21 heavy (non-hydrogen) atoms. The van der Waals surface area contributed by atoms with Gasteiger partial charge in [-0.15, -0.1) is 0 Å². The van der Waals surface area contributed by atoms with E-state index in [1.54, 1.807) is 0 Å². The molecule has 5 nitrogen and oxygen atoms in total. The van der Waals surface area contributed by atoms with Gasteiger partial charge in [0.05, 0.1) is 12.3 Å². The molecular weight excluding hydrogens is 268 g/mol. The molecule has 0 spiro atoms. The Bertz CT molecular complexity index is 516. The predicted octanol–water partition coefficient (Wildman–Crippen LogP) is 3.65. The molecule has 0 amide bonds. The van der Waals surface area contributed by atoms with Gasteiger partial charge >= 0.3 is 5.97 Å². The van der Waals surface area contributed by atoms with Gasteiger partial charge in [-0.2, -0.15) is 0 Å². The zero-order valence-electron chi connectivity index (χ0n) is 13.2. The summed E-state index contributed by atoms with van der Waals surface area (Å²) in [7, 11) is 0. The number of ether oxygens (including phenoxy) is 1. The number of aromatic nitrogens is 2. The number of hydrogen-bond donors (Lipinski definition) is 1. The fraction of sp³-hybridized carbons (Fsp3) is 0.688. The van der Waals surface area contributed by atoms with E-state index in [1.807, 2.05) is 13.8 Å². The lowest BCUT2D eigenvalue weighted by Gasteiger charge is -2.34. The second-order valence-electron chi connectivity index (χ2n) is 6.88. The Morgan fingerprint density at radius 3 is 2.52 bits per heavy atom. The highest BCUT2D eigenvalue weighted by molar-refractivity contribution is 5.88. The molecule has 0 aliphatic heterocycles. The summed E-state index contributed by atoms with van der Waals surface area (Å²) in [6.07, 6.45) is 5.63. The summed E-state index contributed by atoms with van der Waals surface area (Å²) in [4.78, 5) is 19.7. The van der Waals surface area contributed by atoms with Crippen molar-refractivity contribution in [3.8, 4) is 5.75 Å². The number of nitrogens with zero attached hydrogens (tertiary/aromatic N) is 2. The summed E-state index contributed by atoms with van der Waals surface area (Å²) in [5.74, 6) is -0.154. The molecule has 1 aliphatic carbocycles. The third-order valence-electron chi connectivity index (χ3n) is 4.07. The van der Waals surface area contributed by atoms with Gasteiger partial charge in [-0.05, 0) is 31.1 Å². The van der Waals surface area contributed by atoms with Crippen molar-refractivity contribution in [1.82, 2.24) is 9.97 Å². The van der Waals surface area contributed by atoms with Crippen LogP contribution >= 0.6 is 0 Å². The second-order valence-corrected chi connectivity index (χ2v) is 6.88. The second kappa shape index (κ2) is 6.00. The van der Waals surface area contributed by atoms with Crippen molar-refractivity contribution in [2.24, 2.45) is 5.41 Å². The van der Waals surface area contributed by atoms with Crippen LogP contribution in [0.3, 0.4) is 0 Å². The molecule has 1 aromatic heterocycles. The van der Waals surface area contributed by atoms with Gasteiger partial charge in [-0.3, -0.25) is 0 Å². The van der Waals surface area contributed by atoms with E-state index in [4.69, 9.17) is 4.74 Å². The molecule has 0 atom stereocenters. The first-order valence-electron chi connectivity index (χ1n) is 7.55. The molecular formula is C16H24N2O3. The third kappa shape index (κ3) is 3.93. The molecule has 1 N–H and O–H groups in total. The molecule has 5 heteroatoms. The van der Waals surface area contributed by atoms with Gasteiger partial charge < -0.3 is 9.84 Å². The Balaban J connectivity index is 2.14. The fourth-order valence-electron chi connectivity index (χ4n) is 2.57. The molecule has 1 aliphatic rings. The maximum Gasteiger partial charge on any atom is 0.358 e. The molecule has 1 heterocycles. The van der Waals surface area contributed by atoms with Crippen LogP contribution in [-0.4, -0.2) is 27.1 Å². The van der Waals surface area contributed by atoms with Crippen LogP contribution in [0.1, 0.15) is 75.6 Å². The molecule has 0 unspecified atom stereocenters. The summed E-state index contributed by atoms with van der Waals surface area (Å²) >= 11 is 0. The lowest BCUT2D eigenvalue weighted by molar-refractivity contribution is 0.0664. The maximum atomic E-state index is 11.4. The maximum absolute atomic E-state index is 11.4. The SMILES string of the molecule is CC(C)c1ncc(OC2CCC(C)(C)CC2)c(C(=O)O)n1. The molecule has 2 rings (SSSR count). The van der Waals surface area contributed by atoms with Crippen molar-refractivity contribution in [2.45, 2.75) is 65.4 Å². The van der Waals surface area contributed by atoms with Crippen LogP contribution in [0.25, 0.3) is 0 Å². The van der Waals surface area contributed by atoms with Gasteiger partial charge in [0, 0.05) is 5.92 Å². The van der Waals surface area contributed by atoms with Crippen LogP contribution in [0.2, 0.25) is 0 Å². The van der Waals surface area contributed by atoms with Gasteiger partial charge in [-0.25, -0.2) is 14.8 Å². The van der Waals surface area contributed by atoms with E-state index in [0.29, 0.717) is 11.2 Å². The molecule has 1 aromatic rings. The summed E-state index contributed by atoms with van der Waals surface area (Å²) in [6.45, 7) is 8.38. The van der Waals surface area contributed by atoms with Crippen molar-refractivity contribution in [1.29, 1.82) is 0 Å². The van der Waals surface area contributed by atoms with Crippen molar-refractivity contribution in [3.05, 3.63) is 17.7 Å². The van der Waals surface area contributed by atoms with Crippen molar-refractivity contribution < 1.29 is 14.6 Å². The van der Waals surface area contributed by atoms with Gasteiger partial charge in [0.25, 0.3) is 0 Å².